The van der Waals surface area contributed by atoms with Crippen molar-refractivity contribution in [3.05, 3.63) is 65.1 Å². The van der Waals surface area contributed by atoms with Crippen molar-refractivity contribution in [2.24, 2.45) is 0 Å². The lowest BCUT2D eigenvalue weighted by molar-refractivity contribution is 0.601. The Hall–Kier alpha value is -2.47. The molecular formula is C19H19FN2O2S. The maximum Gasteiger partial charge on any atom is 0.175 e. The van der Waals surface area contributed by atoms with E-state index in [2.05, 4.69) is 10.3 Å². The topological polar surface area (TPSA) is 59.1 Å². The quantitative estimate of drug-likeness (QED) is 0.766. The molecule has 130 valence electrons. The van der Waals surface area contributed by atoms with Gasteiger partial charge in [0, 0.05) is 29.6 Å². The standard InChI is InChI=1S/C19H19FN2O2S/c1-12-8-14(4-7-19(12)25(3,23)24)11-21-18-9-13(2)22-17-6-5-15(20)10-16(17)18/h4-10H,11H2,1-3H3,(H,21,22). The number of pyridine rings is 1. The van der Waals surface area contributed by atoms with Gasteiger partial charge >= 0.3 is 0 Å². The summed E-state index contributed by atoms with van der Waals surface area (Å²) < 4.78 is 37.0. The Morgan fingerprint density at radius 3 is 2.52 bits per heavy atom. The van der Waals surface area contributed by atoms with Crippen molar-refractivity contribution in [2.75, 3.05) is 11.6 Å². The minimum absolute atomic E-state index is 0.311. The molecule has 4 nitrogen and oxygen atoms in total. The number of nitrogens with zero attached hydrogens (tertiary/aromatic N) is 1. The Morgan fingerprint density at radius 1 is 1.08 bits per heavy atom. The van der Waals surface area contributed by atoms with Crippen LogP contribution in [0.15, 0.2) is 47.4 Å². The Morgan fingerprint density at radius 2 is 1.84 bits per heavy atom. The molecule has 6 heteroatoms. The van der Waals surface area contributed by atoms with Crippen LogP contribution in [0.2, 0.25) is 0 Å². The number of hydrogen-bond donors (Lipinski definition) is 1. The summed E-state index contributed by atoms with van der Waals surface area (Å²) in [5, 5.41) is 4.02. The average molecular weight is 358 g/mol. The van der Waals surface area contributed by atoms with Gasteiger partial charge in [-0.1, -0.05) is 12.1 Å². The summed E-state index contributed by atoms with van der Waals surface area (Å²) >= 11 is 0. The van der Waals surface area contributed by atoms with Crippen LogP contribution in [0.3, 0.4) is 0 Å². The van der Waals surface area contributed by atoms with Crippen LogP contribution >= 0.6 is 0 Å². The van der Waals surface area contributed by atoms with Crippen molar-refractivity contribution in [3.63, 3.8) is 0 Å². The number of fused-ring (bicyclic) bond motifs is 1. The van der Waals surface area contributed by atoms with E-state index < -0.39 is 9.84 Å². The molecule has 0 spiro atoms. The molecule has 0 bridgehead atoms. The Balaban J connectivity index is 1.91. The largest absolute Gasteiger partial charge is 0.380 e. The fourth-order valence-corrected chi connectivity index (χ4v) is 3.87. The third kappa shape index (κ3) is 3.79. The summed E-state index contributed by atoms with van der Waals surface area (Å²) in [6, 6.07) is 11.6. The van der Waals surface area contributed by atoms with Crippen molar-refractivity contribution < 1.29 is 12.8 Å². The normalized spacial score (nSPS) is 11.7. The van der Waals surface area contributed by atoms with E-state index in [9.17, 15) is 12.8 Å². The molecule has 3 rings (SSSR count). The lowest BCUT2D eigenvalue weighted by atomic mass is 10.1. The first-order valence-corrected chi connectivity index (χ1v) is 9.73. The van der Waals surface area contributed by atoms with Crippen molar-refractivity contribution in [1.82, 2.24) is 4.98 Å². The molecule has 0 saturated carbocycles. The van der Waals surface area contributed by atoms with Gasteiger partial charge in [0.1, 0.15) is 5.82 Å². The van der Waals surface area contributed by atoms with Crippen molar-refractivity contribution in [1.29, 1.82) is 0 Å². The minimum Gasteiger partial charge on any atom is -0.380 e. The van der Waals surface area contributed by atoms with Gasteiger partial charge in [0.15, 0.2) is 9.84 Å². The van der Waals surface area contributed by atoms with Gasteiger partial charge in [-0.3, -0.25) is 4.98 Å². The minimum atomic E-state index is -3.23. The highest BCUT2D eigenvalue weighted by molar-refractivity contribution is 7.90. The molecule has 1 aromatic heterocycles. The van der Waals surface area contributed by atoms with Crippen LogP contribution in [-0.4, -0.2) is 19.7 Å². The van der Waals surface area contributed by atoms with Crippen LogP contribution in [0, 0.1) is 19.7 Å². The summed E-state index contributed by atoms with van der Waals surface area (Å²) in [6.45, 7) is 4.17. The molecule has 0 atom stereocenters. The molecule has 1 heterocycles. The summed E-state index contributed by atoms with van der Waals surface area (Å²) in [7, 11) is -3.23. The van der Waals surface area contributed by atoms with Crippen LogP contribution in [0.1, 0.15) is 16.8 Å². The number of aromatic nitrogens is 1. The first-order chi connectivity index (χ1) is 11.7. The molecular weight excluding hydrogens is 339 g/mol. The second-order valence-corrected chi connectivity index (χ2v) is 8.18. The second kappa shape index (κ2) is 6.44. The zero-order valence-corrected chi connectivity index (χ0v) is 15.1. The molecule has 0 unspecified atom stereocenters. The SMILES string of the molecule is Cc1cc(NCc2ccc(S(C)(=O)=O)c(C)c2)c2cc(F)ccc2n1. The highest BCUT2D eigenvalue weighted by Crippen LogP contribution is 2.25. The number of hydrogen-bond acceptors (Lipinski definition) is 4. The second-order valence-electron chi connectivity index (χ2n) is 6.20. The monoisotopic (exact) mass is 358 g/mol. The molecule has 2 aromatic carbocycles. The van der Waals surface area contributed by atoms with Crippen molar-refractivity contribution in [3.8, 4) is 0 Å². The molecule has 0 aliphatic rings. The molecule has 3 aromatic rings. The predicted molar refractivity (Wildman–Crippen MR) is 98.1 cm³/mol. The first kappa shape index (κ1) is 17.4. The summed E-state index contributed by atoms with van der Waals surface area (Å²) in [5.41, 5.74) is 4.03. The van der Waals surface area contributed by atoms with Crippen molar-refractivity contribution in [2.45, 2.75) is 25.3 Å². The van der Waals surface area contributed by atoms with Gasteiger partial charge in [0.2, 0.25) is 0 Å². The molecule has 1 N–H and O–H groups in total. The fraction of sp³-hybridized carbons (Fsp3) is 0.211. The van der Waals surface area contributed by atoms with Crippen LogP contribution < -0.4 is 5.32 Å². The van der Waals surface area contributed by atoms with Gasteiger partial charge in [-0.25, -0.2) is 12.8 Å². The highest BCUT2D eigenvalue weighted by Gasteiger charge is 2.11. The third-order valence-corrected chi connectivity index (χ3v) is 5.28. The highest BCUT2D eigenvalue weighted by atomic mass is 32.2. The van der Waals surface area contributed by atoms with E-state index in [0.29, 0.717) is 17.0 Å². The number of nitrogens with one attached hydrogen (secondary N) is 1. The van der Waals surface area contributed by atoms with Gasteiger partial charge < -0.3 is 5.32 Å². The van der Waals surface area contributed by atoms with Crippen molar-refractivity contribution >= 4 is 26.4 Å². The van der Waals surface area contributed by atoms with E-state index in [-0.39, 0.29) is 5.82 Å². The summed E-state index contributed by atoms with van der Waals surface area (Å²) in [6.07, 6.45) is 1.20. The van der Waals surface area contributed by atoms with Crippen LogP contribution in [0.5, 0.6) is 0 Å². The lowest BCUT2D eigenvalue weighted by Crippen LogP contribution is -2.04. The molecule has 0 amide bonds. The Labute approximate surface area is 146 Å². The number of sulfone groups is 1. The Bertz CT molecular complexity index is 1060. The zero-order chi connectivity index (χ0) is 18.2. The van der Waals surface area contributed by atoms with E-state index in [1.54, 1.807) is 25.1 Å². The number of rotatable bonds is 4. The zero-order valence-electron chi connectivity index (χ0n) is 14.3. The molecule has 0 radical (unpaired) electrons. The Kier molecular flexibility index (Phi) is 4.47. The van der Waals surface area contributed by atoms with Crippen LogP contribution in [-0.2, 0) is 16.4 Å². The maximum absolute atomic E-state index is 13.6. The summed E-state index contributed by atoms with van der Waals surface area (Å²) in [4.78, 5) is 4.75. The number of anilines is 1. The van der Waals surface area contributed by atoms with E-state index in [1.807, 2.05) is 19.1 Å². The number of benzene rings is 2. The lowest BCUT2D eigenvalue weighted by Gasteiger charge is -2.12. The maximum atomic E-state index is 13.6. The first-order valence-electron chi connectivity index (χ1n) is 7.84. The van der Waals surface area contributed by atoms with Crippen LogP contribution in [0.4, 0.5) is 10.1 Å². The fourth-order valence-electron chi connectivity index (χ4n) is 2.91. The third-order valence-electron chi connectivity index (χ3n) is 4.02. The van der Waals surface area contributed by atoms with Gasteiger partial charge in [-0.05, 0) is 55.3 Å². The molecule has 0 fully saturated rings. The van der Waals surface area contributed by atoms with Gasteiger partial charge in [-0.2, -0.15) is 0 Å². The van der Waals surface area contributed by atoms with Gasteiger partial charge in [0.25, 0.3) is 0 Å². The van der Waals surface area contributed by atoms with Gasteiger partial charge in [-0.15, -0.1) is 0 Å². The summed E-state index contributed by atoms with van der Waals surface area (Å²) in [5.74, 6) is -0.311. The van der Waals surface area contributed by atoms with E-state index in [4.69, 9.17) is 0 Å². The van der Waals surface area contributed by atoms with E-state index >= 15 is 0 Å². The molecule has 0 aliphatic heterocycles. The van der Waals surface area contributed by atoms with E-state index in [1.165, 1.54) is 18.4 Å². The number of halogens is 1. The number of aryl methyl sites for hydroxylation is 2. The van der Waals surface area contributed by atoms with E-state index in [0.717, 1.165) is 27.8 Å². The molecule has 25 heavy (non-hydrogen) atoms. The predicted octanol–water partition coefficient (Wildman–Crippen LogP) is 4.01. The van der Waals surface area contributed by atoms with Crippen LogP contribution in [0.25, 0.3) is 10.9 Å². The smallest absolute Gasteiger partial charge is 0.175 e. The molecule has 0 aliphatic carbocycles. The molecule has 0 saturated heterocycles. The van der Waals surface area contributed by atoms with Gasteiger partial charge in [0.05, 0.1) is 10.4 Å². The average Bonchev–Trinajstić information content (AvgIpc) is 2.52.